The van der Waals surface area contributed by atoms with E-state index in [1.807, 2.05) is 0 Å². The van der Waals surface area contributed by atoms with E-state index in [0.717, 1.165) is 0 Å². The van der Waals surface area contributed by atoms with Gasteiger partial charge in [0.05, 0.1) is 4.90 Å². The molecule has 0 fully saturated rings. The molecule has 1 aromatic carbocycles. The summed E-state index contributed by atoms with van der Waals surface area (Å²) in [5, 5.41) is 0. The van der Waals surface area contributed by atoms with Crippen molar-refractivity contribution in [2.24, 2.45) is 0 Å². The van der Waals surface area contributed by atoms with Crippen molar-refractivity contribution in [1.82, 2.24) is 10.5 Å². The van der Waals surface area contributed by atoms with Crippen molar-refractivity contribution in [3.63, 3.8) is 0 Å². The fraction of sp³-hybridized carbons (Fsp3) is 0.333. The topological polar surface area (TPSA) is 70.0 Å². The van der Waals surface area contributed by atoms with E-state index in [9.17, 15) is 8.42 Å². The average molecular weight is 213 g/mol. The number of sulfonamides is 1. The third-order valence-corrected chi connectivity index (χ3v) is 3.42. The number of benzene rings is 1. The van der Waals surface area contributed by atoms with Gasteiger partial charge in [-0.15, -0.1) is 0 Å². The first-order valence-corrected chi connectivity index (χ1v) is 5.76. The van der Waals surface area contributed by atoms with Gasteiger partial charge in [-0.2, -0.15) is 0 Å². The van der Waals surface area contributed by atoms with Crippen molar-refractivity contribution in [2.75, 3.05) is 13.1 Å². The van der Waals surface area contributed by atoms with Crippen molar-refractivity contribution >= 4 is 10.0 Å². The highest BCUT2D eigenvalue weighted by Gasteiger charge is 2.14. The molecule has 2 N–H and O–H groups in total. The first-order valence-electron chi connectivity index (χ1n) is 4.28. The van der Waals surface area contributed by atoms with Gasteiger partial charge in [0.15, 0.2) is 0 Å². The van der Waals surface area contributed by atoms with Crippen LogP contribution in [0.1, 0.15) is 5.56 Å². The zero-order valence-electron chi connectivity index (χ0n) is 7.95. The normalized spacial score (nSPS) is 11.6. The molecule has 0 aromatic heterocycles. The average Bonchev–Trinajstić information content (AvgIpc) is 2.15. The van der Waals surface area contributed by atoms with Gasteiger partial charge in [0.2, 0.25) is 10.0 Å². The lowest BCUT2D eigenvalue weighted by atomic mass is 10.2. The van der Waals surface area contributed by atoms with Crippen LogP contribution in [0.15, 0.2) is 29.2 Å². The molecule has 14 heavy (non-hydrogen) atoms. The molecule has 0 bridgehead atoms. The Labute approximate surface area is 84.2 Å². The Morgan fingerprint density at radius 2 is 2.00 bits per heavy atom. The zero-order valence-corrected chi connectivity index (χ0v) is 8.76. The minimum atomic E-state index is -3.42. The molecule has 0 aliphatic heterocycles. The van der Waals surface area contributed by atoms with Gasteiger partial charge < -0.3 is 0 Å². The molecule has 0 atom stereocenters. The monoisotopic (exact) mass is 213 g/mol. The molecule has 0 amide bonds. The Balaban J connectivity index is 2.99. The molecule has 0 saturated heterocycles. The van der Waals surface area contributed by atoms with Crippen LogP contribution >= 0.6 is 0 Å². The van der Waals surface area contributed by atoms with Crippen LogP contribution in [0.2, 0.25) is 0 Å². The van der Waals surface area contributed by atoms with Crippen LogP contribution in [0.3, 0.4) is 0 Å². The van der Waals surface area contributed by atoms with Crippen LogP contribution in [-0.4, -0.2) is 21.5 Å². The Morgan fingerprint density at radius 1 is 1.36 bits per heavy atom. The largest absolute Gasteiger partial charge is 0.256 e. The number of nitrogens with one attached hydrogen (secondary N) is 2. The summed E-state index contributed by atoms with van der Waals surface area (Å²) in [6.07, 6.45) is 0. The third-order valence-electron chi connectivity index (χ3n) is 1.80. The SMILES string of the molecule is Cc1ccccc1S(=O)(=O)NCC[NH]. The fourth-order valence-corrected chi connectivity index (χ4v) is 2.40. The first-order chi connectivity index (χ1) is 6.58. The Morgan fingerprint density at radius 3 is 2.57 bits per heavy atom. The van der Waals surface area contributed by atoms with Crippen molar-refractivity contribution in [3.8, 4) is 0 Å². The fourth-order valence-electron chi connectivity index (χ4n) is 1.12. The smallest absolute Gasteiger partial charge is 0.240 e. The van der Waals surface area contributed by atoms with Crippen molar-refractivity contribution in [3.05, 3.63) is 29.8 Å². The van der Waals surface area contributed by atoms with Gasteiger partial charge in [0.25, 0.3) is 0 Å². The molecule has 1 radical (unpaired) electrons. The molecule has 0 saturated carbocycles. The summed E-state index contributed by atoms with van der Waals surface area (Å²) in [5.41, 5.74) is 7.58. The highest BCUT2D eigenvalue weighted by Crippen LogP contribution is 2.13. The molecule has 77 valence electrons. The summed E-state index contributed by atoms with van der Waals surface area (Å²) in [4.78, 5) is 0.286. The van der Waals surface area contributed by atoms with Crippen LogP contribution in [0.4, 0.5) is 0 Å². The number of hydrogen-bond acceptors (Lipinski definition) is 2. The second kappa shape index (κ2) is 4.54. The van der Waals surface area contributed by atoms with Gasteiger partial charge in [-0.25, -0.2) is 13.1 Å². The molecule has 0 heterocycles. The number of hydrogen-bond donors (Lipinski definition) is 1. The summed E-state index contributed by atoms with van der Waals surface area (Å²) in [6, 6.07) is 6.78. The molecule has 4 nitrogen and oxygen atoms in total. The number of rotatable bonds is 4. The predicted molar refractivity (Wildman–Crippen MR) is 54.3 cm³/mol. The second-order valence-electron chi connectivity index (χ2n) is 2.91. The van der Waals surface area contributed by atoms with Crippen molar-refractivity contribution < 1.29 is 8.42 Å². The standard InChI is InChI=1S/C9H13N2O2S/c1-8-4-2-3-5-9(8)14(12,13)11-7-6-10/h2-5,10-11H,6-7H2,1H3. The predicted octanol–water partition coefficient (Wildman–Crippen LogP) is 0.556. The molecule has 5 heteroatoms. The lowest BCUT2D eigenvalue weighted by Crippen LogP contribution is -2.27. The molecule has 0 spiro atoms. The third kappa shape index (κ3) is 2.54. The summed E-state index contributed by atoms with van der Waals surface area (Å²) >= 11 is 0. The van der Waals surface area contributed by atoms with Gasteiger partial charge in [-0.05, 0) is 18.6 Å². The van der Waals surface area contributed by atoms with Crippen LogP contribution in [0.25, 0.3) is 0 Å². The molecular weight excluding hydrogens is 200 g/mol. The van der Waals surface area contributed by atoms with E-state index in [2.05, 4.69) is 4.72 Å². The first kappa shape index (κ1) is 11.2. The minimum absolute atomic E-state index is 0.0467. The maximum absolute atomic E-state index is 11.6. The van der Waals surface area contributed by atoms with Gasteiger partial charge in [0.1, 0.15) is 0 Å². The Kier molecular flexibility index (Phi) is 3.62. The van der Waals surface area contributed by atoms with Gasteiger partial charge in [-0.3, -0.25) is 5.73 Å². The Bertz CT molecular complexity index is 401. The molecule has 0 unspecified atom stereocenters. The van der Waals surface area contributed by atoms with E-state index >= 15 is 0 Å². The molecule has 0 aliphatic rings. The molecule has 1 aromatic rings. The van der Waals surface area contributed by atoms with Crippen molar-refractivity contribution in [1.29, 1.82) is 0 Å². The van der Waals surface area contributed by atoms with E-state index in [4.69, 9.17) is 5.73 Å². The van der Waals surface area contributed by atoms with Crippen LogP contribution in [-0.2, 0) is 10.0 Å². The van der Waals surface area contributed by atoms with Gasteiger partial charge in [-0.1, -0.05) is 18.2 Å². The molecule has 1 rings (SSSR count). The Hall–Kier alpha value is -0.910. The maximum Gasteiger partial charge on any atom is 0.240 e. The van der Waals surface area contributed by atoms with Crippen LogP contribution in [0, 0.1) is 6.92 Å². The summed E-state index contributed by atoms with van der Waals surface area (Å²) in [7, 11) is -3.42. The van der Waals surface area contributed by atoms with Gasteiger partial charge in [0, 0.05) is 13.1 Å². The molecule has 0 aliphatic carbocycles. The zero-order chi connectivity index (χ0) is 10.6. The van der Waals surface area contributed by atoms with Crippen LogP contribution < -0.4 is 10.5 Å². The van der Waals surface area contributed by atoms with E-state index in [1.165, 1.54) is 0 Å². The van der Waals surface area contributed by atoms with Gasteiger partial charge >= 0.3 is 0 Å². The second-order valence-corrected chi connectivity index (χ2v) is 4.65. The van der Waals surface area contributed by atoms with Crippen LogP contribution in [0.5, 0.6) is 0 Å². The highest BCUT2D eigenvalue weighted by molar-refractivity contribution is 7.89. The van der Waals surface area contributed by atoms with Crippen molar-refractivity contribution in [2.45, 2.75) is 11.8 Å². The van der Waals surface area contributed by atoms with E-state index in [1.54, 1.807) is 31.2 Å². The lowest BCUT2D eigenvalue weighted by molar-refractivity contribution is 0.581. The summed E-state index contributed by atoms with van der Waals surface area (Å²) in [6.45, 7) is 1.94. The van der Waals surface area contributed by atoms with E-state index < -0.39 is 10.0 Å². The minimum Gasteiger partial charge on any atom is -0.256 e. The molecular formula is C9H13N2O2S. The maximum atomic E-state index is 11.6. The van der Waals surface area contributed by atoms with E-state index in [0.29, 0.717) is 5.56 Å². The summed E-state index contributed by atoms with van der Waals surface area (Å²) < 4.78 is 25.6. The quantitative estimate of drug-likeness (QED) is 0.793. The summed E-state index contributed by atoms with van der Waals surface area (Å²) in [5.74, 6) is 0. The lowest BCUT2D eigenvalue weighted by Gasteiger charge is -2.07. The highest BCUT2D eigenvalue weighted by atomic mass is 32.2. The number of aryl methyl sites for hydroxylation is 1. The van der Waals surface area contributed by atoms with E-state index in [-0.39, 0.29) is 18.0 Å².